The van der Waals surface area contributed by atoms with Crippen LogP contribution in [0.2, 0.25) is 5.02 Å². The van der Waals surface area contributed by atoms with Crippen LogP contribution < -0.4 is 5.32 Å². The molecule has 104 valence electrons. The Morgan fingerprint density at radius 1 is 1.15 bits per heavy atom. The summed E-state index contributed by atoms with van der Waals surface area (Å²) in [5.41, 5.74) is 1.43. The Morgan fingerprint density at radius 2 is 1.75 bits per heavy atom. The molecular formula is C15H13ClFNO2. The zero-order valence-corrected chi connectivity index (χ0v) is 11.3. The van der Waals surface area contributed by atoms with Gasteiger partial charge in [-0.15, -0.1) is 0 Å². The molecule has 0 saturated heterocycles. The number of nitrogens with one attached hydrogen (secondary N) is 1. The third-order valence-electron chi connectivity index (χ3n) is 2.87. The first-order valence-corrected chi connectivity index (χ1v) is 6.40. The number of benzene rings is 2. The van der Waals surface area contributed by atoms with Gasteiger partial charge in [0.2, 0.25) is 0 Å². The number of hydrogen-bond acceptors (Lipinski definition) is 2. The zero-order valence-electron chi connectivity index (χ0n) is 10.5. The molecule has 0 bridgehead atoms. The van der Waals surface area contributed by atoms with E-state index in [9.17, 15) is 14.3 Å². The van der Waals surface area contributed by atoms with E-state index in [0.717, 1.165) is 5.56 Å². The molecule has 0 saturated carbocycles. The highest BCUT2D eigenvalue weighted by Crippen LogP contribution is 2.16. The molecule has 2 rings (SSSR count). The molecule has 1 unspecified atom stereocenters. The number of halogens is 2. The van der Waals surface area contributed by atoms with Crippen molar-refractivity contribution in [1.29, 1.82) is 0 Å². The summed E-state index contributed by atoms with van der Waals surface area (Å²) in [6, 6.07) is 11.7. The molecule has 0 heterocycles. The van der Waals surface area contributed by atoms with Gasteiger partial charge in [0.25, 0.3) is 0 Å². The molecule has 0 aliphatic rings. The monoisotopic (exact) mass is 293 g/mol. The number of carboxylic acids is 1. The van der Waals surface area contributed by atoms with Gasteiger partial charge in [-0.05, 0) is 35.4 Å². The highest BCUT2D eigenvalue weighted by Gasteiger charge is 2.18. The van der Waals surface area contributed by atoms with Gasteiger partial charge in [0.05, 0.1) is 0 Å². The second-order valence-electron chi connectivity index (χ2n) is 4.33. The molecular weight excluding hydrogens is 281 g/mol. The summed E-state index contributed by atoms with van der Waals surface area (Å²) in [5.74, 6) is -1.40. The topological polar surface area (TPSA) is 49.3 Å². The summed E-state index contributed by atoms with van der Waals surface area (Å²) in [4.78, 5) is 11.3. The number of aliphatic carboxylic acids is 1. The Bertz CT molecular complexity index is 584. The van der Waals surface area contributed by atoms with Crippen molar-refractivity contribution in [3.8, 4) is 0 Å². The van der Waals surface area contributed by atoms with Gasteiger partial charge in [-0.2, -0.15) is 0 Å². The van der Waals surface area contributed by atoms with Gasteiger partial charge in [0.15, 0.2) is 0 Å². The van der Waals surface area contributed by atoms with Crippen molar-refractivity contribution in [3.05, 3.63) is 70.5 Å². The quantitative estimate of drug-likeness (QED) is 0.888. The first kappa shape index (κ1) is 14.5. The zero-order chi connectivity index (χ0) is 14.5. The number of carbonyl (C=O) groups is 1. The third-order valence-corrected chi connectivity index (χ3v) is 3.13. The molecule has 1 atom stereocenters. The van der Waals surface area contributed by atoms with E-state index in [4.69, 9.17) is 11.6 Å². The molecule has 2 aromatic carbocycles. The van der Waals surface area contributed by atoms with Crippen molar-refractivity contribution in [2.75, 3.05) is 0 Å². The molecule has 2 aromatic rings. The average molecular weight is 294 g/mol. The van der Waals surface area contributed by atoms with Gasteiger partial charge in [-0.3, -0.25) is 10.1 Å². The Balaban J connectivity index is 2.08. The van der Waals surface area contributed by atoms with Crippen molar-refractivity contribution in [2.24, 2.45) is 0 Å². The van der Waals surface area contributed by atoms with Gasteiger partial charge in [-0.1, -0.05) is 35.9 Å². The van der Waals surface area contributed by atoms with E-state index >= 15 is 0 Å². The van der Waals surface area contributed by atoms with E-state index in [-0.39, 0.29) is 0 Å². The number of rotatable bonds is 5. The van der Waals surface area contributed by atoms with Gasteiger partial charge >= 0.3 is 5.97 Å². The summed E-state index contributed by atoms with van der Waals surface area (Å²) >= 11 is 5.79. The van der Waals surface area contributed by atoms with Gasteiger partial charge in [0, 0.05) is 11.6 Å². The van der Waals surface area contributed by atoms with E-state index in [1.54, 1.807) is 12.1 Å². The van der Waals surface area contributed by atoms with Crippen LogP contribution in [0.15, 0.2) is 48.5 Å². The van der Waals surface area contributed by atoms with Crippen LogP contribution in [0.1, 0.15) is 17.2 Å². The Hall–Kier alpha value is -1.91. The highest BCUT2D eigenvalue weighted by atomic mass is 35.5. The van der Waals surface area contributed by atoms with Crippen molar-refractivity contribution >= 4 is 17.6 Å². The average Bonchev–Trinajstić information content (AvgIpc) is 2.43. The van der Waals surface area contributed by atoms with Crippen LogP contribution in [-0.2, 0) is 11.3 Å². The first-order valence-electron chi connectivity index (χ1n) is 6.02. The van der Waals surface area contributed by atoms with E-state index in [1.165, 1.54) is 24.3 Å². The fourth-order valence-corrected chi connectivity index (χ4v) is 1.95. The fraction of sp³-hybridized carbons (Fsp3) is 0.133. The molecule has 2 N–H and O–H groups in total. The van der Waals surface area contributed by atoms with Crippen LogP contribution in [-0.4, -0.2) is 11.1 Å². The minimum Gasteiger partial charge on any atom is -0.480 e. The molecule has 0 radical (unpaired) electrons. The second kappa shape index (κ2) is 6.50. The molecule has 0 aromatic heterocycles. The van der Waals surface area contributed by atoms with Crippen molar-refractivity contribution < 1.29 is 14.3 Å². The van der Waals surface area contributed by atoms with E-state index in [0.29, 0.717) is 17.1 Å². The van der Waals surface area contributed by atoms with Gasteiger partial charge < -0.3 is 5.11 Å². The van der Waals surface area contributed by atoms with Gasteiger partial charge in [-0.25, -0.2) is 4.39 Å². The van der Waals surface area contributed by atoms with Crippen molar-refractivity contribution in [1.82, 2.24) is 5.32 Å². The number of carboxylic acid groups (broad SMARTS) is 1. The van der Waals surface area contributed by atoms with Crippen LogP contribution in [0.3, 0.4) is 0 Å². The molecule has 3 nitrogen and oxygen atoms in total. The lowest BCUT2D eigenvalue weighted by atomic mass is 10.1. The van der Waals surface area contributed by atoms with Crippen LogP contribution in [0.25, 0.3) is 0 Å². The molecule has 20 heavy (non-hydrogen) atoms. The number of hydrogen-bond donors (Lipinski definition) is 2. The van der Waals surface area contributed by atoms with Crippen molar-refractivity contribution in [2.45, 2.75) is 12.6 Å². The summed E-state index contributed by atoms with van der Waals surface area (Å²) in [7, 11) is 0. The Morgan fingerprint density at radius 3 is 2.30 bits per heavy atom. The molecule has 0 fully saturated rings. The Labute approximate surface area is 121 Å². The van der Waals surface area contributed by atoms with Crippen LogP contribution in [0.4, 0.5) is 4.39 Å². The fourth-order valence-electron chi connectivity index (χ4n) is 1.83. The lowest BCUT2D eigenvalue weighted by molar-refractivity contribution is -0.139. The summed E-state index contributed by atoms with van der Waals surface area (Å²) in [6.07, 6.45) is 0. The molecule has 0 aliphatic carbocycles. The Kier molecular flexibility index (Phi) is 4.71. The predicted molar refractivity (Wildman–Crippen MR) is 75.1 cm³/mol. The van der Waals surface area contributed by atoms with E-state index < -0.39 is 17.8 Å². The first-order chi connectivity index (χ1) is 9.56. The molecule has 0 amide bonds. The summed E-state index contributed by atoms with van der Waals surface area (Å²) in [6.45, 7) is 0.380. The van der Waals surface area contributed by atoms with Crippen LogP contribution in [0.5, 0.6) is 0 Å². The lowest BCUT2D eigenvalue weighted by Gasteiger charge is -2.15. The lowest BCUT2D eigenvalue weighted by Crippen LogP contribution is -2.28. The highest BCUT2D eigenvalue weighted by molar-refractivity contribution is 6.30. The molecule has 0 spiro atoms. The summed E-state index contributed by atoms with van der Waals surface area (Å²) in [5, 5.41) is 12.8. The smallest absolute Gasteiger partial charge is 0.325 e. The minimum atomic E-state index is -1.01. The van der Waals surface area contributed by atoms with Crippen LogP contribution in [0, 0.1) is 5.82 Å². The minimum absolute atomic E-state index is 0.380. The third kappa shape index (κ3) is 3.79. The normalized spacial score (nSPS) is 12.1. The van der Waals surface area contributed by atoms with Crippen LogP contribution >= 0.6 is 11.6 Å². The van der Waals surface area contributed by atoms with Gasteiger partial charge in [0.1, 0.15) is 11.9 Å². The maximum absolute atomic E-state index is 12.9. The van der Waals surface area contributed by atoms with E-state index in [2.05, 4.69) is 5.32 Å². The standard InChI is InChI=1S/C15H13ClFNO2/c16-12-5-1-10(2-6-12)9-18-14(15(19)20)11-3-7-13(17)8-4-11/h1-8,14,18H,9H2,(H,19,20). The predicted octanol–water partition coefficient (Wildman–Crippen LogP) is 3.39. The SMILES string of the molecule is O=C(O)C(NCc1ccc(Cl)cc1)c1ccc(F)cc1. The maximum Gasteiger partial charge on any atom is 0.325 e. The maximum atomic E-state index is 12.9. The molecule has 5 heteroatoms. The molecule has 0 aliphatic heterocycles. The van der Waals surface area contributed by atoms with Crippen molar-refractivity contribution in [3.63, 3.8) is 0 Å². The summed E-state index contributed by atoms with van der Waals surface area (Å²) < 4.78 is 12.9. The largest absolute Gasteiger partial charge is 0.480 e. The van der Waals surface area contributed by atoms with E-state index in [1.807, 2.05) is 12.1 Å². The second-order valence-corrected chi connectivity index (χ2v) is 4.77.